The number of anilines is 1. The minimum atomic E-state index is -0.0243. The van der Waals surface area contributed by atoms with Crippen LogP contribution in [0.1, 0.15) is 40.0 Å². The zero-order valence-electron chi connectivity index (χ0n) is 18.1. The summed E-state index contributed by atoms with van der Waals surface area (Å²) in [7, 11) is 1.75. The molecule has 3 heterocycles. The van der Waals surface area contributed by atoms with Crippen molar-refractivity contribution < 1.29 is 0 Å². The first-order chi connectivity index (χ1) is 13.8. The van der Waals surface area contributed by atoms with Crippen LogP contribution in [0.25, 0.3) is 11.3 Å². The third-order valence-electron chi connectivity index (χ3n) is 6.40. The predicted octanol–water partition coefficient (Wildman–Crippen LogP) is 3.40. The number of pyridine rings is 1. The van der Waals surface area contributed by atoms with Gasteiger partial charge >= 0.3 is 0 Å². The van der Waals surface area contributed by atoms with Crippen molar-refractivity contribution in [1.29, 1.82) is 0 Å². The molecule has 1 saturated heterocycles. The molecule has 2 fully saturated rings. The number of rotatable bonds is 5. The van der Waals surface area contributed by atoms with Gasteiger partial charge < -0.3 is 14.8 Å². The summed E-state index contributed by atoms with van der Waals surface area (Å²) in [4.78, 5) is 14.2. The number of hydrogen-bond acceptors (Lipinski definition) is 5. The van der Waals surface area contributed by atoms with E-state index in [-0.39, 0.29) is 5.56 Å². The molecule has 2 aromatic rings. The molecule has 0 amide bonds. The summed E-state index contributed by atoms with van der Waals surface area (Å²) in [6, 6.07) is 7.82. The van der Waals surface area contributed by atoms with Crippen molar-refractivity contribution in [3.05, 3.63) is 40.8 Å². The van der Waals surface area contributed by atoms with Gasteiger partial charge in [0.05, 0.1) is 5.69 Å². The second-order valence-corrected chi connectivity index (χ2v) is 10.1. The molecule has 1 N–H and O–H groups in total. The smallest absolute Gasteiger partial charge is 0.250 e. The SMILES string of the molecule is Cn1cc(-c2ccc(N[C@H]3C[C@@H]4CN(CCC(C)(C)C)C[C@@H]4C3)nn2)ccc1=O. The van der Waals surface area contributed by atoms with Crippen molar-refractivity contribution in [2.45, 2.75) is 46.1 Å². The largest absolute Gasteiger partial charge is 0.366 e. The average Bonchev–Trinajstić information content (AvgIpc) is 3.20. The fourth-order valence-corrected chi connectivity index (χ4v) is 4.71. The molecule has 1 aliphatic heterocycles. The fraction of sp³-hybridized carbons (Fsp3) is 0.609. The molecule has 2 aliphatic rings. The summed E-state index contributed by atoms with van der Waals surface area (Å²) in [5.41, 5.74) is 2.07. The van der Waals surface area contributed by atoms with Crippen molar-refractivity contribution in [3.8, 4) is 11.3 Å². The van der Waals surface area contributed by atoms with Crippen LogP contribution in [0.2, 0.25) is 0 Å². The van der Waals surface area contributed by atoms with E-state index in [2.05, 4.69) is 41.2 Å². The molecule has 3 atom stereocenters. The molecule has 29 heavy (non-hydrogen) atoms. The van der Waals surface area contributed by atoms with E-state index in [4.69, 9.17) is 0 Å². The van der Waals surface area contributed by atoms with Crippen molar-refractivity contribution >= 4 is 5.82 Å². The summed E-state index contributed by atoms with van der Waals surface area (Å²) in [5, 5.41) is 12.3. The van der Waals surface area contributed by atoms with Crippen LogP contribution < -0.4 is 10.9 Å². The highest BCUT2D eigenvalue weighted by atomic mass is 16.1. The molecule has 0 spiro atoms. The molecule has 6 heteroatoms. The molecule has 0 radical (unpaired) electrons. The van der Waals surface area contributed by atoms with E-state index in [1.165, 1.54) is 38.9 Å². The number of likely N-dealkylation sites (tertiary alicyclic amines) is 1. The molecule has 0 unspecified atom stereocenters. The summed E-state index contributed by atoms with van der Waals surface area (Å²) in [6.45, 7) is 10.7. The van der Waals surface area contributed by atoms with Crippen LogP contribution in [-0.2, 0) is 7.05 Å². The molecular weight excluding hydrogens is 362 g/mol. The van der Waals surface area contributed by atoms with E-state index in [1.54, 1.807) is 29.9 Å². The normalized spacial score (nSPS) is 24.6. The Hall–Kier alpha value is -2.21. The lowest BCUT2D eigenvalue weighted by molar-refractivity contribution is 0.250. The van der Waals surface area contributed by atoms with Gasteiger partial charge in [-0.05, 0) is 61.3 Å². The van der Waals surface area contributed by atoms with Crippen LogP contribution in [0.4, 0.5) is 5.82 Å². The van der Waals surface area contributed by atoms with Crippen molar-refractivity contribution in [1.82, 2.24) is 19.7 Å². The minimum Gasteiger partial charge on any atom is -0.366 e. The monoisotopic (exact) mass is 395 g/mol. The summed E-state index contributed by atoms with van der Waals surface area (Å²) >= 11 is 0. The second kappa shape index (κ2) is 7.90. The Balaban J connectivity index is 1.30. The zero-order chi connectivity index (χ0) is 20.6. The lowest BCUT2D eigenvalue weighted by atomic mass is 9.92. The van der Waals surface area contributed by atoms with E-state index in [1.807, 2.05) is 12.1 Å². The van der Waals surface area contributed by atoms with Crippen LogP contribution in [0.3, 0.4) is 0 Å². The third kappa shape index (κ3) is 4.86. The first kappa shape index (κ1) is 20.1. The third-order valence-corrected chi connectivity index (χ3v) is 6.40. The van der Waals surface area contributed by atoms with E-state index >= 15 is 0 Å². The number of nitrogens with zero attached hydrogens (tertiary/aromatic N) is 4. The van der Waals surface area contributed by atoms with Gasteiger partial charge in [-0.25, -0.2) is 0 Å². The van der Waals surface area contributed by atoms with Crippen LogP contribution >= 0.6 is 0 Å². The van der Waals surface area contributed by atoms with Gasteiger partial charge in [0.15, 0.2) is 0 Å². The number of aromatic nitrogens is 3. The van der Waals surface area contributed by atoms with Gasteiger partial charge in [-0.3, -0.25) is 4.79 Å². The Morgan fingerprint density at radius 3 is 2.38 bits per heavy atom. The Morgan fingerprint density at radius 1 is 1.07 bits per heavy atom. The molecule has 6 nitrogen and oxygen atoms in total. The lowest BCUT2D eigenvalue weighted by Crippen LogP contribution is -2.28. The maximum atomic E-state index is 11.5. The fourth-order valence-electron chi connectivity index (χ4n) is 4.71. The molecule has 2 aromatic heterocycles. The van der Waals surface area contributed by atoms with E-state index in [9.17, 15) is 4.79 Å². The van der Waals surface area contributed by atoms with Gasteiger partial charge in [0.2, 0.25) is 5.56 Å². The van der Waals surface area contributed by atoms with Crippen LogP contribution in [0, 0.1) is 17.3 Å². The van der Waals surface area contributed by atoms with Gasteiger partial charge in [-0.2, -0.15) is 0 Å². The first-order valence-corrected chi connectivity index (χ1v) is 10.8. The van der Waals surface area contributed by atoms with Crippen molar-refractivity contribution in [2.24, 2.45) is 24.3 Å². The predicted molar refractivity (Wildman–Crippen MR) is 117 cm³/mol. The summed E-state index contributed by atoms with van der Waals surface area (Å²) in [5.74, 6) is 2.46. The molecule has 156 valence electrons. The highest BCUT2D eigenvalue weighted by Crippen LogP contribution is 2.39. The van der Waals surface area contributed by atoms with E-state index in [0.717, 1.165) is 28.9 Å². The Bertz CT molecular complexity index is 885. The van der Waals surface area contributed by atoms with Crippen LogP contribution in [-0.4, -0.2) is 45.3 Å². The zero-order valence-corrected chi connectivity index (χ0v) is 18.1. The highest BCUT2D eigenvalue weighted by molar-refractivity contribution is 5.58. The topological polar surface area (TPSA) is 63.1 Å². The van der Waals surface area contributed by atoms with Crippen LogP contribution in [0.5, 0.6) is 0 Å². The maximum Gasteiger partial charge on any atom is 0.250 e. The van der Waals surface area contributed by atoms with E-state index in [0.29, 0.717) is 11.5 Å². The van der Waals surface area contributed by atoms with Crippen molar-refractivity contribution in [2.75, 3.05) is 25.0 Å². The second-order valence-electron chi connectivity index (χ2n) is 10.1. The summed E-state index contributed by atoms with van der Waals surface area (Å²) in [6.07, 6.45) is 5.51. The average molecular weight is 396 g/mol. The molecule has 4 rings (SSSR count). The molecular formula is C23H33N5O. The van der Waals surface area contributed by atoms with Crippen molar-refractivity contribution in [3.63, 3.8) is 0 Å². The minimum absolute atomic E-state index is 0.0243. The Labute approximate surface area is 173 Å². The standard InChI is InChI=1S/C23H33N5O/c1-23(2,3)9-10-28-14-17-11-19(12-18(17)15-28)24-21-7-6-20(25-26-21)16-5-8-22(29)27(4)13-16/h5-8,13,17-19H,9-12,14-15H2,1-4H3,(H,24,26)/t17-,18+,19+. The van der Waals surface area contributed by atoms with Gasteiger partial charge in [-0.1, -0.05) is 20.8 Å². The first-order valence-electron chi connectivity index (χ1n) is 10.8. The molecule has 1 saturated carbocycles. The quantitative estimate of drug-likeness (QED) is 0.841. The molecule has 1 aliphatic carbocycles. The van der Waals surface area contributed by atoms with Gasteiger partial charge in [-0.15, -0.1) is 10.2 Å². The Kier molecular flexibility index (Phi) is 5.47. The molecule has 0 aromatic carbocycles. The number of nitrogens with one attached hydrogen (secondary N) is 1. The van der Waals surface area contributed by atoms with Gasteiger partial charge in [0, 0.05) is 44.0 Å². The van der Waals surface area contributed by atoms with Gasteiger partial charge in [0.1, 0.15) is 5.82 Å². The number of aryl methyl sites for hydroxylation is 1. The van der Waals surface area contributed by atoms with Gasteiger partial charge in [0.25, 0.3) is 0 Å². The summed E-state index contributed by atoms with van der Waals surface area (Å²) < 4.78 is 1.56. The maximum absolute atomic E-state index is 11.5. The number of fused-ring (bicyclic) bond motifs is 1. The Morgan fingerprint density at radius 2 is 1.79 bits per heavy atom. The highest BCUT2D eigenvalue weighted by Gasteiger charge is 2.40. The number of hydrogen-bond donors (Lipinski definition) is 1. The molecule has 0 bridgehead atoms. The lowest BCUT2D eigenvalue weighted by Gasteiger charge is -2.24. The van der Waals surface area contributed by atoms with E-state index < -0.39 is 0 Å². The van der Waals surface area contributed by atoms with Crippen LogP contribution in [0.15, 0.2) is 35.3 Å².